The summed E-state index contributed by atoms with van der Waals surface area (Å²) < 4.78 is 16.5. The highest BCUT2D eigenvalue weighted by molar-refractivity contribution is 5.92. The molecule has 10 nitrogen and oxygen atoms in total. The molecular formula is C28H29N3O7. The summed E-state index contributed by atoms with van der Waals surface area (Å²) in [6.07, 6.45) is 2.46. The summed E-state index contributed by atoms with van der Waals surface area (Å²) in [5.41, 5.74) is 4.23. The molecule has 0 aromatic heterocycles. The number of nitrogens with zero attached hydrogens (tertiary/aromatic N) is 2. The fourth-order valence-electron chi connectivity index (χ4n) is 3.32. The summed E-state index contributed by atoms with van der Waals surface area (Å²) in [5.74, 6) is 0.402. The van der Waals surface area contributed by atoms with Crippen LogP contribution < -0.4 is 19.6 Å². The van der Waals surface area contributed by atoms with Crippen molar-refractivity contribution in [3.05, 3.63) is 93.5 Å². The molecule has 0 saturated carbocycles. The molecule has 3 rings (SSSR count). The molecular weight excluding hydrogens is 490 g/mol. The van der Waals surface area contributed by atoms with E-state index in [0.717, 1.165) is 6.42 Å². The molecule has 0 fully saturated rings. The number of hydrogen-bond donors (Lipinski definition) is 1. The van der Waals surface area contributed by atoms with Crippen molar-refractivity contribution >= 4 is 23.8 Å². The van der Waals surface area contributed by atoms with Crippen LogP contribution in [-0.4, -0.2) is 36.2 Å². The molecule has 38 heavy (non-hydrogen) atoms. The standard InChI is InChI=1S/C28H29N3O7/c1-4-19(3)21-9-13-24(14-10-21)37-18-27(32)30-29-17-20-6-15-25(26(16-20)36-5-2)38-28(33)22-7-11-23(12-8-22)31(34)35/h6-17,19H,4-5,18H2,1-3H3,(H,30,32)/b29-17+. The van der Waals surface area contributed by atoms with Gasteiger partial charge < -0.3 is 14.2 Å². The van der Waals surface area contributed by atoms with E-state index in [2.05, 4.69) is 24.4 Å². The van der Waals surface area contributed by atoms with Crippen LogP contribution in [0.2, 0.25) is 0 Å². The van der Waals surface area contributed by atoms with Gasteiger partial charge in [-0.2, -0.15) is 5.10 Å². The van der Waals surface area contributed by atoms with Crippen LogP contribution in [0.1, 0.15) is 54.6 Å². The van der Waals surface area contributed by atoms with Crippen molar-refractivity contribution in [1.82, 2.24) is 5.43 Å². The van der Waals surface area contributed by atoms with Gasteiger partial charge in [0.15, 0.2) is 18.1 Å². The van der Waals surface area contributed by atoms with Crippen LogP contribution in [0.3, 0.4) is 0 Å². The van der Waals surface area contributed by atoms with Crippen molar-refractivity contribution in [3.63, 3.8) is 0 Å². The van der Waals surface area contributed by atoms with Gasteiger partial charge in [-0.05, 0) is 72.9 Å². The molecule has 198 valence electrons. The third-order valence-corrected chi connectivity index (χ3v) is 5.62. The minimum absolute atomic E-state index is 0.130. The third-order valence-electron chi connectivity index (χ3n) is 5.62. The number of non-ortho nitro benzene ring substituents is 1. The molecule has 0 aliphatic heterocycles. The van der Waals surface area contributed by atoms with E-state index in [9.17, 15) is 19.7 Å². The Morgan fingerprint density at radius 3 is 2.34 bits per heavy atom. The number of benzene rings is 3. The molecule has 0 bridgehead atoms. The number of amides is 1. The van der Waals surface area contributed by atoms with Gasteiger partial charge in [-0.25, -0.2) is 10.2 Å². The van der Waals surface area contributed by atoms with E-state index in [1.807, 2.05) is 24.3 Å². The van der Waals surface area contributed by atoms with Gasteiger partial charge in [0.25, 0.3) is 11.6 Å². The van der Waals surface area contributed by atoms with Crippen LogP contribution in [-0.2, 0) is 4.79 Å². The molecule has 0 spiro atoms. The lowest BCUT2D eigenvalue weighted by Crippen LogP contribution is -2.24. The van der Waals surface area contributed by atoms with Crippen LogP contribution in [0.25, 0.3) is 0 Å². The van der Waals surface area contributed by atoms with E-state index in [0.29, 0.717) is 29.6 Å². The first-order valence-corrected chi connectivity index (χ1v) is 12.1. The Morgan fingerprint density at radius 1 is 1.00 bits per heavy atom. The fraction of sp³-hybridized carbons (Fsp3) is 0.250. The van der Waals surface area contributed by atoms with Crippen LogP contribution >= 0.6 is 0 Å². The first-order chi connectivity index (χ1) is 18.3. The molecule has 1 amide bonds. The van der Waals surface area contributed by atoms with E-state index < -0.39 is 16.8 Å². The first-order valence-electron chi connectivity index (χ1n) is 12.1. The highest BCUT2D eigenvalue weighted by Gasteiger charge is 2.15. The van der Waals surface area contributed by atoms with Crippen LogP contribution in [0.5, 0.6) is 17.2 Å². The summed E-state index contributed by atoms with van der Waals surface area (Å²) in [4.78, 5) is 34.8. The van der Waals surface area contributed by atoms with Crippen LogP contribution in [0.4, 0.5) is 5.69 Å². The maximum Gasteiger partial charge on any atom is 0.343 e. The number of hydrazone groups is 1. The lowest BCUT2D eigenvalue weighted by atomic mass is 9.99. The molecule has 0 radical (unpaired) electrons. The maximum absolute atomic E-state index is 12.5. The molecule has 10 heteroatoms. The van der Waals surface area contributed by atoms with Crippen molar-refractivity contribution < 1.29 is 28.7 Å². The van der Waals surface area contributed by atoms with Gasteiger partial charge in [-0.15, -0.1) is 0 Å². The van der Waals surface area contributed by atoms with Gasteiger partial charge in [0.1, 0.15) is 5.75 Å². The number of nitro benzene ring substituents is 1. The summed E-state index contributed by atoms with van der Waals surface area (Å²) in [6.45, 7) is 6.18. The summed E-state index contributed by atoms with van der Waals surface area (Å²) in [7, 11) is 0. The molecule has 0 aliphatic carbocycles. The molecule has 0 heterocycles. The van der Waals surface area contributed by atoms with E-state index in [1.54, 1.807) is 19.1 Å². The Morgan fingerprint density at radius 2 is 1.71 bits per heavy atom. The summed E-state index contributed by atoms with van der Waals surface area (Å²) in [5, 5.41) is 14.7. The average molecular weight is 520 g/mol. The fourth-order valence-corrected chi connectivity index (χ4v) is 3.32. The number of nitro groups is 1. The highest BCUT2D eigenvalue weighted by Crippen LogP contribution is 2.29. The molecule has 0 saturated heterocycles. The molecule has 3 aromatic rings. The van der Waals surface area contributed by atoms with Gasteiger partial charge in [0.2, 0.25) is 0 Å². The molecule has 1 atom stereocenters. The van der Waals surface area contributed by atoms with E-state index in [-0.39, 0.29) is 23.6 Å². The number of nitrogens with one attached hydrogen (secondary N) is 1. The topological polar surface area (TPSA) is 129 Å². The monoisotopic (exact) mass is 519 g/mol. The average Bonchev–Trinajstić information content (AvgIpc) is 2.93. The molecule has 3 aromatic carbocycles. The number of esters is 1. The minimum atomic E-state index is -0.691. The van der Waals surface area contributed by atoms with Crippen molar-refractivity contribution in [3.8, 4) is 17.2 Å². The second kappa shape index (κ2) is 13.5. The zero-order chi connectivity index (χ0) is 27.5. The molecule has 1 N–H and O–H groups in total. The molecule has 1 unspecified atom stereocenters. The maximum atomic E-state index is 12.5. The molecule has 0 aliphatic rings. The summed E-state index contributed by atoms with van der Waals surface area (Å²) >= 11 is 0. The lowest BCUT2D eigenvalue weighted by molar-refractivity contribution is -0.384. The van der Waals surface area contributed by atoms with Gasteiger partial charge in [-0.3, -0.25) is 14.9 Å². The summed E-state index contributed by atoms with van der Waals surface area (Å²) in [6, 6.07) is 17.5. The van der Waals surface area contributed by atoms with Gasteiger partial charge in [-0.1, -0.05) is 26.0 Å². The smallest absolute Gasteiger partial charge is 0.343 e. The number of carbonyl (C=O) groups is 2. The third kappa shape index (κ3) is 7.89. The van der Waals surface area contributed by atoms with Gasteiger partial charge in [0, 0.05) is 12.1 Å². The van der Waals surface area contributed by atoms with Gasteiger partial charge >= 0.3 is 5.97 Å². The number of ether oxygens (including phenoxy) is 3. The highest BCUT2D eigenvalue weighted by atomic mass is 16.6. The van der Waals surface area contributed by atoms with Crippen molar-refractivity contribution in [2.45, 2.75) is 33.1 Å². The minimum Gasteiger partial charge on any atom is -0.490 e. The Hall–Kier alpha value is -4.73. The second-order valence-electron chi connectivity index (χ2n) is 8.29. The van der Waals surface area contributed by atoms with E-state index in [4.69, 9.17) is 14.2 Å². The van der Waals surface area contributed by atoms with E-state index >= 15 is 0 Å². The van der Waals surface area contributed by atoms with Crippen LogP contribution in [0.15, 0.2) is 71.8 Å². The van der Waals surface area contributed by atoms with Crippen LogP contribution in [0, 0.1) is 10.1 Å². The van der Waals surface area contributed by atoms with Crippen molar-refractivity contribution in [2.24, 2.45) is 5.10 Å². The predicted octanol–water partition coefficient (Wildman–Crippen LogP) is 5.26. The zero-order valence-corrected chi connectivity index (χ0v) is 21.4. The lowest BCUT2D eigenvalue weighted by Gasteiger charge is -2.11. The predicted molar refractivity (Wildman–Crippen MR) is 142 cm³/mol. The van der Waals surface area contributed by atoms with Crippen molar-refractivity contribution in [1.29, 1.82) is 0 Å². The Bertz CT molecular complexity index is 1290. The number of rotatable bonds is 12. The van der Waals surface area contributed by atoms with Gasteiger partial charge in [0.05, 0.1) is 23.3 Å². The normalized spacial score (nSPS) is 11.6. The zero-order valence-electron chi connectivity index (χ0n) is 21.4. The Labute approximate surface area is 220 Å². The van der Waals surface area contributed by atoms with Crippen molar-refractivity contribution in [2.75, 3.05) is 13.2 Å². The first kappa shape index (κ1) is 27.9. The Kier molecular flexibility index (Phi) is 9.93. The Balaban J connectivity index is 1.56. The second-order valence-corrected chi connectivity index (χ2v) is 8.29. The number of carbonyl (C=O) groups excluding carboxylic acids is 2. The SMILES string of the molecule is CCOc1cc(/C=N/NC(=O)COc2ccc(C(C)CC)cc2)ccc1OC(=O)c1ccc([N+](=O)[O-])cc1. The quantitative estimate of drug-likeness (QED) is 0.114. The van der Waals surface area contributed by atoms with E-state index in [1.165, 1.54) is 42.1 Å². The number of hydrogen-bond acceptors (Lipinski definition) is 8. The largest absolute Gasteiger partial charge is 0.490 e.